The molecule has 26 heavy (non-hydrogen) atoms. The molecule has 2 rings (SSSR count). The average Bonchev–Trinajstić information content (AvgIpc) is 2.65. The number of hydrogen-bond acceptors (Lipinski definition) is 3. The van der Waals surface area contributed by atoms with Crippen molar-refractivity contribution in [1.82, 2.24) is 10.6 Å². The molecule has 0 saturated heterocycles. The standard InChI is InChI=1S/C21H26N2O3/c1-15(2)13-22-20(24)16(3)26-19-12-8-7-11-18(19)21(25)23-14-17-9-5-4-6-10-17/h4-12,15-16H,13-14H2,1-3H3,(H,22,24)(H,23,25)/t16-/m1/s1. The van der Waals surface area contributed by atoms with Crippen LogP contribution >= 0.6 is 0 Å². The Kier molecular flexibility index (Phi) is 7.21. The summed E-state index contributed by atoms with van der Waals surface area (Å²) in [4.78, 5) is 24.6. The number of carbonyl (C=O) groups is 2. The molecule has 0 bridgehead atoms. The highest BCUT2D eigenvalue weighted by Gasteiger charge is 2.18. The molecule has 0 unspecified atom stereocenters. The SMILES string of the molecule is CC(C)CNC(=O)[C@@H](C)Oc1ccccc1C(=O)NCc1ccccc1. The molecule has 0 aromatic heterocycles. The Morgan fingerprint density at radius 1 is 0.923 bits per heavy atom. The van der Waals surface area contributed by atoms with Gasteiger partial charge in [0.25, 0.3) is 11.8 Å². The summed E-state index contributed by atoms with van der Waals surface area (Å²) in [6.07, 6.45) is -0.683. The molecule has 2 N–H and O–H groups in total. The van der Waals surface area contributed by atoms with E-state index in [0.717, 1.165) is 5.56 Å². The lowest BCUT2D eigenvalue weighted by molar-refractivity contribution is -0.127. The van der Waals surface area contributed by atoms with Crippen molar-refractivity contribution in [1.29, 1.82) is 0 Å². The van der Waals surface area contributed by atoms with Crippen LogP contribution in [0.3, 0.4) is 0 Å². The van der Waals surface area contributed by atoms with E-state index in [2.05, 4.69) is 10.6 Å². The van der Waals surface area contributed by atoms with Gasteiger partial charge in [0.05, 0.1) is 5.56 Å². The van der Waals surface area contributed by atoms with Crippen LogP contribution < -0.4 is 15.4 Å². The van der Waals surface area contributed by atoms with Gasteiger partial charge in [-0.3, -0.25) is 9.59 Å². The minimum absolute atomic E-state index is 0.196. The Hall–Kier alpha value is -2.82. The van der Waals surface area contributed by atoms with E-state index in [0.29, 0.717) is 30.3 Å². The van der Waals surface area contributed by atoms with E-state index in [4.69, 9.17) is 4.74 Å². The molecular weight excluding hydrogens is 328 g/mol. The van der Waals surface area contributed by atoms with Gasteiger partial charge in [0.15, 0.2) is 6.10 Å². The van der Waals surface area contributed by atoms with Gasteiger partial charge >= 0.3 is 0 Å². The Bertz CT molecular complexity index is 729. The van der Waals surface area contributed by atoms with Gasteiger partial charge in [0, 0.05) is 13.1 Å². The summed E-state index contributed by atoms with van der Waals surface area (Å²) in [7, 11) is 0. The van der Waals surface area contributed by atoms with Crippen LogP contribution in [0.25, 0.3) is 0 Å². The molecule has 0 aliphatic rings. The number of rotatable bonds is 8. The average molecular weight is 354 g/mol. The quantitative estimate of drug-likeness (QED) is 0.765. The Morgan fingerprint density at radius 3 is 2.27 bits per heavy atom. The predicted octanol–water partition coefficient (Wildman–Crippen LogP) is 3.16. The Labute approximate surface area is 154 Å². The molecule has 0 aliphatic carbocycles. The molecule has 0 fully saturated rings. The summed E-state index contributed by atoms with van der Waals surface area (Å²) in [5, 5.41) is 5.71. The van der Waals surface area contributed by atoms with Crippen molar-refractivity contribution in [3.05, 3.63) is 65.7 Å². The molecule has 0 radical (unpaired) electrons. The second-order valence-electron chi connectivity index (χ2n) is 6.56. The summed E-state index contributed by atoms with van der Waals surface area (Å²) in [5.74, 6) is 0.324. The molecule has 2 amide bonds. The molecule has 5 nitrogen and oxygen atoms in total. The largest absolute Gasteiger partial charge is 0.480 e. The third-order valence-electron chi connectivity index (χ3n) is 3.79. The number of carbonyl (C=O) groups excluding carboxylic acids is 2. The third kappa shape index (κ3) is 5.92. The molecule has 138 valence electrons. The highest BCUT2D eigenvalue weighted by molar-refractivity contribution is 5.97. The monoisotopic (exact) mass is 354 g/mol. The van der Waals surface area contributed by atoms with E-state index < -0.39 is 6.10 Å². The van der Waals surface area contributed by atoms with E-state index in [1.807, 2.05) is 44.2 Å². The normalized spacial score (nSPS) is 11.7. The van der Waals surface area contributed by atoms with Crippen LogP contribution in [0.15, 0.2) is 54.6 Å². The van der Waals surface area contributed by atoms with Gasteiger partial charge in [0.1, 0.15) is 5.75 Å². The van der Waals surface area contributed by atoms with Crippen molar-refractivity contribution < 1.29 is 14.3 Å². The van der Waals surface area contributed by atoms with E-state index in [1.54, 1.807) is 31.2 Å². The number of ether oxygens (including phenoxy) is 1. The van der Waals surface area contributed by atoms with Crippen molar-refractivity contribution in [2.45, 2.75) is 33.4 Å². The number of hydrogen-bond donors (Lipinski definition) is 2. The lowest BCUT2D eigenvalue weighted by atomic mass is 10.1. The second kappa shape index (κ2) is 9.61. The fourth-order valence-corrected chi connectivity index (χ4v) is 2.32. The molecule has 0 spiro atoms. The first kappa shape index (κ1) is 19.5. The van der Waals surface area contributed by atoms with Crippen LogP contribution in [0.4, 0.5) is 0 Å². The van der Waals surface area contributed by atoms with Crippen LogP contribution in [0.5, 0.6) is 5.75 Å². The van der Waals surface area contributed by atoms with Gasteiger partial charge in [-0.05, 0) is 30.5 Å². The van der Waals surface area contributed by atoms with E-state index in [1.165, 1.54) is 0 Å². The molecule has 0 aliphatic heterocycles. The summed E-state index contributed by atoms with van der Waals surface area (Å²) in [6.45, 7) is 6.74. The van der Waals surface area contributed by atoms with Crippen LogP contribution in [-0.2, 0) is 11.3 Å². The molecule has 5 heteroatoms. The van der Waals surface area contributed by atoms with Crippen molar-refractivity contribution >= 4 is 11.8 Å². The van der Waals surface area contributed by atoms with Crippen LogP contribution in [0.2, 0.25) is 0 Å². The van der Waals surface area contributed by atoms with Crippen LogP contribution in [0.1, 0.15) is 36.7 Å². The molecule has 2 aromatic rings. The first-order chi connectivity index (χ1) is 12.5. The zero-order chi connectivity index (χ0) is 18.9. The zero-order valence-electron chi connectivity index (χ0n) is 15.5. The molecule has 1 atom stereocenters. The van der Waals surface area contributed by atoms with Crippen LogP contribution in [0, 0.1) is 5.92 Å². The fraction of sp³-hybridized carbons (Fsp3) is 0.333. The van der Waals surface area contributed by atoms with Gasteiger partial charge in [-0.2, -0.15) is 0 Å². The number of para-hydroxylation sites is 1. The predicted molar refractivity (Wildman–Crippen MR) is 102 cm³/mol. The number of benzene rings is 2. The van der Waals surface area contributed by atoms with Crippen LogP contribution in [-0.4, -0.2) is 24.5 Å². The number of nitrogens with one attached hydrogen (secondary N) is 2. The Morgan fingerprint density at radius 2 is 1.58 bits per heavy atom. The minimum Gasteiger partial charge on any atom is -0.480 e. The second-order valence-corrected chi connectivity index (χ2v) is 6.56. The van der Waals surface area contributed by atoms with Crippen molar-refractivity contribution in [3.8, 4) is 5.75 Å². The summed E-state index contributed by atoms with van der Waals surface area (Å²) < 4.78 is 5.74. The first-order valence-corrected chi connectivity index (χ1v) is 8.83. The molecule has 2 aromatic carbocycles. The van der Waals surface area contributed by atoms with Gasteiger partial charge in [-0.25, -0.2) is 0 Å². The molecule has 0 saturated carbocycles. The minimum atomic E-state index is -0.683. The summed E-state index contributed by atoms with van der Waals surface area (Å²) in [5.41, 5.74) is 1.42. The zero-order valence-corrected chi connectivity index (χ0v) is 15.5. The van der Waals surface area contributed by atoms with E-state index >= 15 is 0 Å². The highest BCUT2D eigenvalue weighted by atomic mass is 16.5. The van der Waals surface area contributed by atoms with Crippen molar-refractivity contribution in [2.24, 2.45) is 5.92 Å². The van der Waals surface area contributed by atoms with Gasteiger partial charge in [-0.1, -0.05) is 56.3 Å². The van der Waals surface area contributed by atoms with Gasteiger partial charge in [0.2, 0.25) is 0 Å². The summed E-state index contributed by atoms with van der Waals surface area (Å²) >= 11 is 0. The number of amides is 2. The molecular formula is C21H26N2O3. The summed E-state index contributed by atoms with van der Waals surface area (Å²) in [6, 6.07) is 16.6. The van der Waals surface area contributed by atoms with Crippen molar-refractivity contribution in [2.75, 3.05) is 6.54 Å². The highest BCUT2D eigenvalue weighted by Crippen LogP contribution is 2.19. The smallest absolute Gasteiger partial charge is 0.260 e. The third-order valence-corrected chi connectivity index (χ3v) is 3.79. The van der Waals surface area contributed by atoms with Crippen molar-refractivity contribution in [3.63, 3.8) is 0 Å². The fourth-order valence-electron chi connectivity index (χ4n) is 2.32. The van der Waals surface area contributed by atoms with Gasteiger partial charge < -0.3 is 15.4 Å². The first-order valence-electron chi connectivity index (χ1n) is 8.83. The lowest BCUT2D eigenvalue weighted by Crippen LogP contribution is -2.38. The van der Waals surface area contributed by atoms with Gasteiger partial charge in [-0.15, -0.1) is 0 Å². The Balaban J connectivity index is 2.00. The molecule has 0 heterocycles. The maximum atomic E-state index is 12.5. The van der Waals surface area contributed by atoms with E-state index in [9.17, 15) is 9.59 Å². The maximum Gasteiger partial charge on any atom is 0.260 e. The van der Waals surface area contributed by atoms with E-state index in [-0.39, 0.29) is 11.8 Å². The lowest BCUT2D eigenvalue weighted by Gasteiger charge is -2.17. The maximum absolute atomic E-state index is 12.5. The topological polar surface area (TPSA) is 67.4 Å².